The Morgan fingerprint density at radius 3 is 2.33 bits per heavy atom. The molecule has 0 bridgehead atoms. The van der Waals surface area contributed by atoms with Crippen LogP contribution in [0.15, 0.2) is 24.3 Å². The zero-order valence-electron chi connectivity index (χ0n) is 8.57. The lowest BCUT2D eigenvalue weighted by Crippen LogP contribution is -2.37. The molecule has 1 fully saturated rings. The van der Waals surface area contributed by atoms with Gasteiger partial charge in [-0.1, -0.05) is 24.3 Å². The lowest BCUT2D eigenvalue weighted by molar-refractivity contribution is 0.438. The average Bonchev–Trinajstić information content (AvgIpc) is 2.95. The van der Waals surface area contributed by atoms with Gasteiger partial charge in [-0.3, -0.25) is 0 Å². The minimum absolute atomic E-state index is 0.654. The van der Waals surface area contributed by atoms with Crippen molar-refractivity contribution in [2.24, 2.45) is 0 Å². The fraction of sp³-hybridized carbons (Fsp3) is 0.417. The summed E-state index contributed by atoms with van der Waals surface area (Å²) in [5.74, 6) is 0. The molecule has 1 aromatic carbocycles. The standard InChI is InChI=1S/C12H14N2S/c15-12(13-11-5-6-11)14-7-9-3-1-2-4-10(9)8-14/h1-4,11H,5-8H2,(H,13,15). The monoisotopic (exact) mass is 218 g/mol. The van der Waals surface area contributed by atoms with Crippen molar-refractivity contribution in [3.63, 3.8) is 0 Å². The molecule has 0 radical (unpaired) electrons. The molecule has 0 unspecified atom stereocenters. The third-order valence-corrected chi connectivity index (χ3v) is 3.41. The molecule has 0 atom stereocenters. The van der Waals surface area contributed by atoms with E-state index in [1.165, 1.54) is 24.0 Å². The minimum Gasteiger partial charge on any atom is -0.360 e. The van der Waals surface area contributed by atoms with E-state index in [0.29, 0.717) is 6.04 Å². The fourth-order valence-electron chi connectivity index (χ4n) is 1.97. The summed E-state index contributed by atoms with van der Waals surface area (Å²) >= 11 is 5.39. The molecule has 0 aromatic heterocycles. The third kappa shape index (κ3) is 1.84. The maximum absolute atomic E-state index is 5.39. The van der Waals surface area contributed by atoms with Gasteiger partial charge in [0.2, 0.25) is 0 Å². The van der Waals surface area contributed by atoms with Crippen LogP contribution in [-0.2, 0) is 13.1 Å². The van der Waals surface area contributed by atoms with Crippen LogP contribution >= 0.6 is 12.2 Å². The zero-order chi connectivity index (χ0) is 10.3. The second-order valence-electron chi connectivity index (χ2n) is 4.35. The van der Waals surface area contributed by atoms with E-state index in [-0.39, 0.29) is 0 Å². The number of fused-ring (bicyclic) bond motifs is 1. The Balaban J connectivity index is 1.69. The molecule has 3 rings (SSSR count). The molecule has 3 heteroatoms. The van der Waals surface area contributed by atoms with Gasteiger partial charge in [0.05, 0.1) is 0 Å². The fourth-order valence-corrected chi connectivity index (χ4v) is 2.27. The van der Waals surface area contributed by atoms with Crippen molar-refractivity contribution < 1.29 is 0 Å². The normalized spacial score (nSPS) is 18.8. The first kappa shape index (κ1) is 9.16. The summed E-state index contributed by atoms with van der Waals surface area (Å²) < 4.78 is 0. The first-order chi connectivity index (χ1) is 7.33. The predicted octanol–water partition coefficient (Wildman–Crippen LogP) is 2.04. The number of thiocarbonyl (C=S) groups is 1. The predicted molar refractivity (Wildman–Crippen MR) is 64.4 cm³/mol. The van der Waals surface area contributed by atoms with Crippen LogP contribution in [0.25, 0.3) is 0 Å². The second kappa shape index (κ2) is 3.49. The molecular weight excluding hydrogens is 204 g/mol. The summed E-state index contributed by atoms with van der Waals surface area (Å²) in [6, 6.07) is 9.23. The highest BCUT2D eigenvalue weighted by Gasteiger charge is 2.26. The largest absolute Gasteiger partial charge is 0.360 e. The van der Waals surface area contributed by atoms with Crippen LogP contribution in [0, 0.1) is 0 Å². The van der Waals surface area contributed by atoms with E-state index < -0.39 is 0 Å². The molecule has 1 heterocycles. The van der Waals surface area contributed by atoms with Crippen LogP contribution in [0.5, 0.6) is 0 Å². The van der Waals surface area contributed by atoms with E-state index in [2.05, 4.69) is 34.5 Å². The Bertz CT molecular complexity index is 373. The Labute approximate surface area is 95.3 Å². The van der Waals surface area contributed by atoms with Gasteiger partial charge in [0.15, 0.2) is 5.11 Å². The van der Waals surface area contributed by atoms with Crippen LogP contribution in [0.4, 0.5) is 0 Å². The summed E-state index contributed by atoms with van der Waals surface area (Å²) in [4.78, 5) is 2.25. The Morgan fingerprint density at radius 1 is 1.20 bits per heavy atom. The maximum atomic E-state index is 5.39. The topological polar surface area (TPSA) is 15.3 Å². The molecule has 1 aliphatic heterocycles. The molecule has 1 N–H and O–H groups in total. The van der Waals surface area contributed by atoms with Gasteiger partial charge in [0.1, 0.15) is 0 Å². The average molecular weight is 218 g/mol. The Kier molecular flexibility index (Phi) is 2.13. The van der Waals surface area contributed by atoms with E-state index in [1.807, 2.05) is 0 Å². The molecule has 2 nitrogen and oxygen atoms in total. The maximum Gasteiger partial charge on any atom is 0.169 e. The van der Waals surface area contributed by atoms with Crippen LogP contribution in [0.2, 0.25) is 0 Å². The van der Waals surface area contributed by atoms with Crippen molar-refractivity contribution in [1.29, 1.82) is 0 Å². The van der Waals surface area contributed by atoms with Gasteiger partial charge in [-0.05, 0) is 36.2 Å². The molecule has 1 aliphatic carbocycles. The van der Waals surface area contributed by atoms with Gasteiger partial charge in [-0.2, -0.15) is 0 Å². The smallest absolute Gasteiger partial charge is 0.169 e. The highest BCUT2D eigenvalue weighted by molar-refractivity contribution is 7.80. The highest BCUT2D eigenvalue weighted by atomic mass is 32.1. The van der Waals surface area contributed by atoms with Gasteiger partial charge in [-0.25, -0.2) is 0 Å². The molecule has 0 saturated heterocycles. The van der Waals surface area contributed by atoms with E-state index in [0.717, 1.165) is 18.2 Å². The molecule has 1 aromatic rings. The van der Waals surface area contributed by atoms with E-state index in [9.17, 15) is 0 Å². The van der Waals surface area contributed by atoms with Crippen molar-refractivity contribution in [1.82, 2.24) is 10.2 Å². The van der Waals surface area contributed by atoms with Crippen LogP contribution in [0.3, 0.4) is 0 Å². The first-order valence-corrected chi connectivity index (χ1v) is 5.86. The second-order valence-corrected chi connectivity index (χ2v) is 4.74. The van der Waals surface area contributed by atoms with Gasteiger partial charge >= 0.3 is 0 Å². The molecular formula is C12H14N2S. The van der Waals surface area contributed by atoms with E-state index >= 15 is 0 Å². The van der Waals surface area contributed by atoms with Crippen LogP contribution in [0.1, 0.15) is 24.0 Å². The third-order valence-electron chi connectivity index (χ3n) is 3.03. The van der Waals surface area contributed by atoms with Crippen LogP contribution < -0.4 is 5.32 Å². The lowest BCUT2D eigenvalue weighted by atomic mass is 10.1. The van der Waals surface area contributed by atoms with E-state index in [1.54, 1.807) is 0 Å². The van der Waals surface area contributed by atoms with Crippen molar-refractivity contribution in [3.8, 4) is 0 Å². The SMILES string of the molecule is S=C(NC1CC1)N1Cc2ccccc2C1. The summed E-state index contributed by atoms with van der Waals surface area (Å²) in [5.41, 5.74) is 2.83. The number of rotatable bonds is 1. The molecule has 78 valence electrons. The van der Waals surface area contributed by atoms with Gasteiger partial charge < -0.3 is 10.2 Å². The van der Waals surface area contributed by atoms with Crippen molar-refractivity contribution in [3.05, 3.63) is 35.4 Å². The molecule has 0 amide bonds. The number of nitrogens with one attached hydrogen (secondary N) is 1. The minimum atomic E-state index is 0.654. The first-order valence-electron chi connectivity index (χ1n) is 5.45. The van der Waals surface area contributed by atoms with Crippen molar-refractivity contribution in [2.45, 2.75) is 32.0 Å². The molecule has 1 saturated carbocycles. The molecule has 15 heavy (non-hydrogen) atoms. The number of benzene rings is 1. The van der Waals surface area contributed by atoms with Crippen molar-refractivity contribution >= 4 is 17.3 Å². The van der Waals surface area contributed by atoms with Gasteiger partial charge in [0.25, 0.3) is 0 Å². The highest BCUT2D eigenvalue weighted by Crippen LogP contribution is 2.24. The summed E-state index contributed by atoms with van der Waals surface area (Å²) in [7, 11) is 0. The summed E-state index contributed by atoms with van der Waals surface area (Å²) in [6.45, 7) is 1.93. The molecule has 2 aliphatic rings. The van der Waals surface area contributed by atoms with Gasteiger partial charge in [-0.15, -0.1) is 0 Å². The number of nitrogens with zero attached hydrogens (tertiary/aromatic N) is 1. The van der Waals surface area contributed by atoms with E-state index in [4.69, 9.17) is 12.2 Å². The lowest BCUT2D eigenvalue weighted by Gasteiger charge is -2.19. The molecule has 0 spiro atoms. The summed E-state index contributed by atoms with van der Waals surface area (Å²) in [5, 5.41) is 4.31. The number of hydrogen-bond donors (Lipinski definition) is 1. The summed E-state index contributed by atoms with van der Waals surface area (Å²) in [6.07, 6.45) is 2.56. The Morgan fingerprint density at radius 2 is 1.80 bits per heavy atom. The van der Waals surface area contributed by atoms with Crippen molar-refractivity contribution in [2.75, 3.05) is 0 Å². The van der Waals surface area contributed by atoms with Gasteiger partial charge in [0, 0.05) is 19.1 Å². The van der Waals surface area contributed by atoms with Crippen LogP contribution in [-0.4, -0.2) is 16.1 Å². The quantitative estimate of drug-likeness (QED) is 0.726. The zero-order valence-corrected chi connectivity index (χ0v) is 9.39. The number of hydrogen-bond acceptors (Lipinski definition) is 1. The Hall–Kier alpha value is -1.09.